The highest BCUT2D eigenvalue weighted by Gasteiger charge is 2.37. The Hall–Kier alpha value is -3.14. The molecule has 10 heteroatoms. The van der Waals surface area contributed by atoms with E-state index in [0.717, 1.165) is 25.7 Å². The van der Waals surface area contributed by atoms with Gasteiger partial charge in [-0.25, -0.2) is 4.79 Å². The fourth-order valence-electron chi connectivity index (χ4n) is 3.75. The predicted octanol–water partition coefficient (Wildman–Crippen LogP) is 5.32. The standard InChI is InChI=1S/C28H43NO9/c1-6-8-10-12-24(30)37-22-15-14-21(16-23(22)38-25(31)13-11-9-7-2)18-28(29,26(32)33)17-20(5)36-27(34)35-19(3)4/h14-16,19-20H,6-13,17-18,29H2,1-5H3,(H,32,33)/t20-,28?/m0/s1. The Morgan fingerprint density at radius 1 is 0.868 bits per heavy atom. The van der Waals surface area contributed by atoms with Gasteiger partial charge in [-0.1, -0.05) is 45.6 Å². The molecule has 0 heterocycles. The van der Waals surface area contributed by atoms with Gasteiger partial charge in [0.25, 0.3) is 0 Å². The number of benzene rings is 1. The molecule has 1 aromatic rings. The summed E-state index contributed by atoms with van der Waals surface area (Å²) in [5.74, 6) is -2.14. The summed E-state index contributed by atoms with van der Waals surface area (Å²) in [6, 6.07) is 4.48. The number of carbonyl (C=O) groups is 4. The Labute approximate surface area is 225 Å². The minimum Gasteiger partial charge on any atom is -0.480 e. The van der Waals surface area contributed by atoms with Crippen molar-refractivity contribution in [2.75, 3.05) is 0 Å². The number of ether oxygens (including phenoxy) is 4. The highest BCUT2D eigenvalue weighted by Crippen LogP contribution is 2.32. The molecule has 0 fully saturated rings. The summed E-state index contributed by atoms with van der Waals surface area (Å²) in [7, 11) is 0. The molecule has 214 valence electrons. The van der Waals surface area contributed by atoms with Crippen LogP contribution in [0.2, 0.25) is 0 Å². The molecular weight excluding hydrogens is 494 g/mol. The molecular formula is C28H43NO9. The van der Waals surface area contributed by atoms with Gasteiger partial charge in [0, 0.05) is 25.7 Å². The summed E-state index contributed by atoms with van der Waals surface area (Å²) in [6.45, 7) is 8.90. The number of esters is 2. The number of aliphatic carboxylic acids is 1. The molecule has 10 nitrogen and oxygen atoms in total. The first-order valence-corrected chi connectivity index (χ1v) is 13.3. The summed E-state index contributed by atoms with van der Waals surface area (Å²) < 4.78 is 21.0. The van der Waals surface area contributed by atoms with Crippen LogP contribution in [0.25, 0.3) is 0 Å². The van der Waals surface area contributed by atoms with Crippen LogP contribution in [0, 0.1) is 0 Å². The van der Waals surface area contributed by atoms with E-state index in [4.69, 9.17) is 24.7 Å². The molecule has 0 aliphatic rings. The van der Waals surface area contributed by atoms with Crippen LogP contribution in [0.4, 0.5) is 4.79 Å². The summed E-state index contributed by atoms with van der Waals surface area (Å²) in [5, 5.41) is 9.88. The van der Waals surface area contributed by atoms with Crippen LogP contribution in [-0.2, 0) is 30.3 Å². The predicted molar refractivity (Wildman–Crippen MR) is 141 cm³/mol. The molecule has 0 spiro atoms. The normalized spacial score (nSPS) is 13.3. The maximum atomic E-state index is 12.4. The maximum Gasteiger partial charge on any atom is 0.508 e. The minimum absolute atomic E-state index is 0.0189. The van der Waals surface area contributed by atoms with Crippen molar-refractivity contribution in [3.05, 3.63) is 23.8 Å². The molecule has 0 aliphatic carbocycles. The third-order valence-electron chi connectivity index (χ3n) is 5.65. The van der Waals surface area contributed by atoms with Gasteiger partial charge in [0.1, 0.15) is 11.6 Å². The van der Waals surface area contributed by atoms with Crippen LogP contribution in [0.3, 0.4) is 0 Å². The van der Waals surface area contributed by atoms with Gasteiger partial charge in [-0.15, -0.1) is 0 Å². The highest BCUT2D eigenvalue weighted by molar-refractivity contribution is 5.79. The molecule has 38 heavy (non-hydrogen) atoms. The number of hydrogen-bond acceptors (Lipinski definition) is 9. The number of rotatable bonds is 17. The lowest BCUT2D eigenvalue weighted by Gasteiger charge is -2.28. The van der Waals surface area contributed by atoms with Crippen molar-refractivity contribution in [1.82, 2.24) is 0 Å². The lowest BCUT2D eigenvalue weighted by Crippen LogP contribution is -2.52. The molecule has 1 aromatic carbocycles. The molecule has 2 atom stereocenters. The van der Waals surface area contributed by atoms with E-state index >= 15 is 0 Å². The van der Waals surface area contributed by atoms with Crippen molar-refractivity contribution in [3.63, 3.8) is 0 Å². The topological polar surface area (TPSA) is 151 Å². The van der Waals surface area contributed by atoms with Gasteiger partial charge < -0.3 is 29.8 Å². The molecule has 0 saturated carbocycles. The first-order valence-electron chi connectivity index (χ1n) is 13.3. The summed E-state index contributed by atoms with van der Waals surface area (Å²) in [6.07, 6.45) is 2.89. The zero-order chi connectivity index (χ0) is 28.7. The molecule has 0 bridgehead atoms. The summed E-state index contributed by atoms with van der Waals surface area (Å²) in [4.78, 5) is 48.7. The number of carboxylic acids is 1. The van der Waals surface area contributed by atoms with Crippen molar-refractivity contribution in [1.29, 1.82) is 0 Å². The summed E-state index contributed by atoms with van der Waals surface area (Å²) in [5.41, 5.74) is 4.88. The van der Waals surface area contributed by atoms with Crippen molar-refractivity contribution in [3.8, 4) is 11.5 Å². The third-order valence-corrected chi connectivity index (χ3v) is 5.65. The highest BCUT2D eigenvalue weighted by atomic mass is 16.7. The number of hydrogen-bond donors (Lipinski definition) is 2. The molecule has 0 aromatic heterocycles. The Bertz CT molecular complexity index is 931. The molecule has 1 unspecified atom stereocenters. The van der Waals surface area contributed by atoms with E-state index < -0.39 is 35.7 Å². The Morgan fingerprint density at radius 3 is 1.92 bits per heavy atom. The van der Waals surface area contributed by atoms with Crippen LogP contribution in [0.15, 0.2) is 18.2 Å². The molecule has 1 rings (SSSR count). The van der Waals surface area contributed by atoms with E-state index in [1.807, 2.05) is 13.8 Å². The van der Waals surface area contributed by atoms with Crippen LogP contribution in [0.5, 0.6) is 11.5 Å². The van der Waals surface area contributed by atoms with E-state index in [1.54, 1.807) is 19.9 Å². The van der Waals surface area contributed by atoms with Gasteiger partial charge in [0.15, 0.2) is 11.5 Å². The maximum absolute atomic E-state index is 12.4. The number of nitrogens with two attached hydrogens (primary N) is 1. The van der Waals surface area contributed by atoms with E-state index in [0.29, 0.717) is 18.4 Å². The molecule has 0 radical (unpaired) electrons. The summed E-state index contributed by atoms with van der Waals surface area (Å²) >= 11 is 0. The fourth-order valence-corrected chi connectivity index (χ4v) is 3.75. The van der Waals surface area contributed by atoms with Gasteiger partial charge in [-0.2, -0.15) is 0 Å². The number of unbranched alkanes of at least 4 members (excludes halogenated alkanes) is 4. The lowest BCUT2D eigenvalue weighted by atomic mass is 9.86. The van der Waals surface area contributed by atoms with Crippen LogP contribution < -0.4 is 15.2 Å². The Balaban J connectivity index is 3.11. The Morgan fingerprint density at radius 2 is 1.42 bits per heavy atom. The molecule has 0 aliphatic heterocycles. The van der Waals surface area contributed by atoms with Crippen LogP contribution >= 0.6 is 0 Å². The van der Waals surface area contributed by atoms with E-state index in [9.17, 15) is 24.3 Å². The zero-order valence-electron chi connectivity index (χ0n) is 23.2. The van der Waals surface area contributed by atoms with Crippen LogP contribution in [0.1, 0.15) is 98.0 Å². The Kier molecular flexibility index (Phi) is 14.4. The lowest BCUT2D eigenvalue weighted by molar-refractivity contribution is -0.145. The van der Waals surface area contributed by atoms with E-state index in [1.165, 1.54) is 19.1 Å². The second-order valence-corrected chi connectivity index (χ2v) is 9.83. The van der Waals surface area contributed by atoms with Crippen molar-refractivity contribution < 1.29 is 43.2 Å². The van der Waals surface area contributed by atoms with Gasteiger partial charge in [0.05, 0.1) is 6.10 Å². The smallest absolute Gasteiger partial charge is 0.480 e. The average molecular weight is 538 g/mol. The van der Waals surface area contributed by atoms with Crippen LogP contribution in [-0.4, -0.2) is 46.9 Å². The molecule has 0 amide bonds. The first kappa shape index (κ1) is 32.9. The van der Waals surface area contributed by atoms with Gasteiger partial charge in [0.2, 0.25) is 0 Å². The van der Waals surface area contributed by atoms with Gasteiger partial charge >= 0.3 is 24.1 Å². The fraction of sp³-hybridized carbons (Fsp3) is 0.643. The molecule has 3 N–H and O–H groups in total. The SMILES string of the molecule is CCCCCC(=O)Oc1ccc(CC(N)(C[C@H](C)OC(=O)OC(C)C)C(=O)O)cc1OC(=O)CCCCC. The monoisotopic (exact) mass is 537 g/mol. The average Bonchev–Trinajstić information content (AvgIpc) is 2.80. The van der Waals surface area contributed by atoms with Crippen molar-refractivity contribution in [2.45, 2.75) is 117 Å². The largest absolute Gasteiger partial charge is 0.508 e. The second kappa shape index (κ2) is 16.7. The first-order chi connectivity index (χ1) is 17.9. The van der Waals surface area contributed by atoms with Crippen molar-refractivity contribution in [2.24, 2.45) is 5.73 Å². The number of carboxylic acid groups (broad SMARTS) is 1. The quantitative estimate of drug-likeness (QED) is 0.152. The third kappa shape index (κ3) is 12.4. The van der Waals surface area contributed by atoms with Crippen molar-refractivity contribution >= 4 is 24.1 Å². The van der Waals surface area contributed by atoms with E-state index in [-0.39, 0.29) is 43.3 Å². The van der Waals surface area contributed by atoms with Gasteiger partial charge in [-0.3, -0.25) is 14.4 Å². The van der Waals surface area contributed by atoms with E-state index in [2.05, 4.69) is 0 Å². The second-order valence-electron chi connectivity index (χ2n) is 9.83. The zero-order valence-corrected chi connectivity index (χ0v) is 23.2. The minimum atomic E-state index is -1.81. The number of carbonyl (C=O) groups excluding carboxylic acids is 3. The van der Waals surface area contributed by atoms with Gasteiger partial charge in [-0.05, 0) is 51.3 Å². The molecule has 0 saturated heterocycles.